The number of benzene rings is 2. The van der Waals surface area contributed by atoms with Crippen LogP contribution in [0, 0.1) is 24.0 Å². The minimum atomic E-state index is -0.773. The van der Waals surface area contributed by atoms with Gasteiger partial charge in [0.15, 0.2) is 6.61 Å². The third-order valence-corrected chi connectivity index (χ3v) is 5.60. The van der Waals surface area contributed by atoms with Crippen LogP contribution < -0.4 is 10.2 Å². The quantitative estimate of drug-likeness (QED) is 0.411. The molecule has 0 aromatic heterocycles. The van der Waals surface area contributed by atoms with Gasteiger partial charge in [-0.1, -0.05) is 18.2 Å². The van der Waals surface area contributed by atoms with Gasteiger partial charge >= 0.3 is 5.97 Å². The number of rotatable bonds is 7. The molecule has 1 saturated heterocycles. The van der Waals surface area contributed by atoms with Gasteiger partial charge in [0.1, 0.15) is 5.69 Å². The second-order valence-corrected chi connectivity index (χ2v) is 7.86. The Bertz CT molecular complexity index is 999. The summed E-state index contributed by atoms with van der Waals surface area (Å²) in [5.74, 6) is -1.22. The van der Waals surface area contributed by atoms with Crippen molar-refractivity contribution in [1.29, 1.82) is 0 Å². The number of hydrogen-bond acceptors (Lipinski definition) is 6. The molecule has 1 aliphatic rings. The van der Waals surface area contributed by atoms with E-state index < -0.39 is 23.4 Å². The molecule has 0 aliphatic carbocycles. The molecule has 3 rings (SSSR count). The van der Waals surface area contributed by atoms with Crippen LogP contribution in [-0.2, 0) is 9.53 Å². The van der Waals surface area contributed by atoms with E-state index in [1.807, 2.05) is 43.9 Å². The predicted molar refractivity (Wildman–Crippen MR) is 117 cm³/mol. The van der Waals surface area contributed by atoms with Gasteiger partial charge in [0.25, 0.3) is 11.6 Å². The van der Waals surface area contributed by atoms with Gasteiger partial charge in [0.2, 0.25) is 0 Å². The Morgan fingerprint density at radius 1 is 1.13 bits per heavy atom. The number of nitro benzene ring substituents is 1. The highest BCUT2D eigenvalue weighted by Gasteiger charge is 2.24. The molecule has 1 aliphatic heterocycles. The number of nitro groups is 1. The lowest BCUT2D eigenvalue weighted by Gasteiger charge is -2.18. The number of nitrogens with one attached hydrogen (secondary N) is 1. The molecule has 1 heterocycles. The van der Waals surface area contributed by atoms with Crippen molar-refractivity contribution in [3.05, 3.63) is 68.8 Å². The lowest BCUT2D eigenvalue weighted by molar-refractivity contribution is -0.384. The topological polar surface area (TPSA) is 102 Å². The number of aryl methyl sites for hydroxylation is 2. The molecule has 164 valence electrons. The average molecular weight is 425 g/mol. The second-order valence-electron chi connectivity index (χ2n) is 7.86. The van der Waals surface area contributed by atoms with Gasteiger partial charge in [-0.05, 0) is 62.4 Å². The molecule has 0 spiro atoms. The maximum atomic E-state index is 12.4. The molecular weight excluding hydrogens is 398 g/mol. The SMILES string of the molecule is Cc1ccc([C@@H](C)NC(=O)COC(=O)c2ccc(N3CCCC3)c([N+](=O)[O-])c2)cc1C. The van der Waals surface area contributed by atoms with Gasteiger partial charge in [0, 0.05) is 19.2 Å². The Morgan fingerprint density at radius 2 is 1.84 bits per heavy atom. The summed E-state index contributed by atoms with van der Waals surface area (Å²) in [6, 6.07) is 9.98. The van der Waals surface area contributed by atoms with Gasteiger partial charge in [-0.15, -0.1) is 0 Å². The number of nitrogens with zero attached hydrogens (tertiary/aromatic N) is 2. The molecule has 0 unspecified atom stereocenters. The van der Waals surface area contributed by atoms with Crippen molar-refractivity contribution in [3.63, 3.8) is 0 Å². The number of ether oxygens (including phenoxy) is 1. The van der Waals surface area contributed by atoms with Crippen molar-refractivity contribution in [2.45, 2.75) is 39.7 Å². The fourth-order valence-corrected chi connectivity index (χ4v) is 3.64. The lowest BCUT2D eigenvalue weighted by Crippen LogP contribution is -2.31. The highest BCUT2D eigenvalue weighted by atomic mass is 16.6. The van der Waals surface area contributed by atoms with Crippen LogP contribution in [0.4, 0.5) is 11.4 Å². The third kappa shape index (κ3) is 5.39. The first-order valence-corrected chi connectivity index (χ1v) is 10.3. The van der Waals surface area contributed by atoms with Crippen molar-refractivity contribution >= 4 is 23.3 Å². The van der Waals surface area contributed by atoms with E-state index >= 15 is 0 Å². The summed E-state index contributed by atoms with van der Waals surface area (Å²) in [6.45, 7) is 6.92. The Balaban J connectivity index is 1.60. The third-order valence-electron chi connectivity index (χ3n) is 5.60. The molecule has 0 bridgehead atoms. The van der Waals surface area contributed by atoms with Crippen molar-refractivity contribution < 1.29 is 19.2 Å². The minimum absolute atomic E-state index is 0.0460. The van der Waals surface area contributed by atoms with E-state index in [1.54, 1.807) is 6.07 Å². The first-order valence-electron chi connectivity index (χ1n) is 10.3. The van der Waals surface area contributed by atoms with E-state index in [4.69, 9.17) is 4.74 Å². The van der Waals surface area contributed by atoms with Crippen LogP contribution in [0.3, 0.4) is 0 Å². The van der Waals surface area contributed by atoms with Crippen LogP contribution >= 0.6 is 0 Å². The summed E-state index contributed by atoms with van der Waals surface area (Å²) in [6.07, 6.45) is 1.97. The van der Waals surface area contributed by atoms with Crippen LogP contribution in [0.15, 0.2) is 36.4 Å². The molecular formula is C23H27N3O5. The predicted octanol–water partition coefficient (Wildman–Crippen LogP) is 3.85. The van der Waals surface area contributed by atoms with E-state index in [1.165, 1.54) is 17.7 Å². The fourth-order valence-electron chi connectivity index (χ4n) is 3.64. The van der Waals surface area contributed by atoms with E-state index in [2.05, 4.69) is 5.32 Å². The second kappa shape index (κ2) is 9.59. The molecule has 0 radical (unpaired) electrons. The van der Waals surface area contributed by atoms with E-state index in [9.17, 15) is 19.7 Å². The smallest absolute Gasteiger partial charge is 0.338 e. The number of anilines is 1. The summed E-state index contributed by atoms with van der Waals surface area (Å²) >= 11 is 0. The summed E-state index contributed by atoms with van der Waals surface area (Å²) in [4.78, 5) is 37.5. The molecule has 0 saturated carbocycles. The van der Waals surface area contributed by atoms with Gasteiger partial charge in [-0.2, -0.15) is 0 Å². The number of amides is 1. The Kier molecular flexibility index (Phi) is 6.89. The lowest BCUT2D eigenvalue weighted by atomic mass is 10.0. The molecule has 8 nitrogen and oxygen atoms in total. The maximum absolute atomic E-state index is 12.4. The standard InChI is InChI=1S/C23H27N3O5/c1-15-6-7-18(12-16(15)2)17(3)24-22(27)14-31-23(28)19-8-9-20(21(13-19)26(29)30)25-10-4-5-11-25/h6-9,12-13,17H,4-5,10-11,14H2,1-3H3,(H,24,27)/t17-/m1/s1. The Labute approximate surface area is 181 Å². The summed E-state index contributed by atoms with van der Waals surface area (Å²) in [5, 5.41) is 14.3. The maximum Gasteiger partial charge on any atom is 0.338 e. The van der Waals surface area contributed by atoms with Crippen molar-refractivity contribution in [2.24, 2.45) is 0 Å². The number of carbonyl (C=O) groups is 2. The molecule has 2 aromatic carbocycles. The number of esters is 1. The summed E-state index contributed by atoms with van der Waals surface area (Å²) in [7, 11) is 0. The van der Waals surface area contributed by atoms with E-state index in [0.29, 0.717) is 5.69 Å². The van der Waals surface area contributed by atoms with Crippen LogP contribution in [-0.4, -0.2) is 36.5 Å². The molecule has 1 atom stereocenters. The van der Waals surface area contributed by atoms with Crippen LogP contribution in [0.5, 0.6) is 0 Å². The summed E-state index contributed by atoms with van der Waals surface area (Å²) in [5.41, 5.74) is 3.66. The monoisotopic (exact) mass is 425 g/mol. The van der Waals surface area contributed by atoms with Crippen molar-refractivity contribution in [1.82, 2.24) is 5.32 Å². The van der Waals surface area contributed by atoms with Gasteiger partial charge in [-0.3, -0.25) is 14.9 Å². The first kappa shape index (κ1) is 22.3. The molecule has 1 N–H and O–H groups in total. The van der Waals surface area contributed by atoms with Crippen LogP contribution in [0.1, 0.15) is 52.9 Å². The number of hydrogen-bond donors (Lipinski definition) is 1. The molecule has 1 amide bonds. The number of carbonyl (C=O) groups excluding carboxylic acids is 2. The highest BCUT2D eigenvalue weighted by molar-refractivity contribution is 5.93. The zero-order valence-corrected chi connectivity index (χ0v) is 18.0. The van der Waals surface area contributed by atoms with E-state index in [-0.39, 0.29) is 17.3 Å². The van der Waals surface area contributed by atoms with Gasteiger partial charge in [-0.25, -0.2) is 4.79 Å². The van der Waals surface area contributed by atoms with E-state index in [0.717, 1.165) is 37.1 Å². The van der Waals surface area contributed by atoms with Crippen LogP contribution in [0.2, 0.25) is 0 Å². The minimum Gasteiger partial charge on any atom is -0.452 e. The largest absolute Gasteiger partial charge is 0.452 e. The normalized spacial score (nSPS) is 14.2. The highest BCUT2D eigenvalue weighted by Crippen LogP contribution is 2.31. The zero-order chi connectivity index (χ0) is 22.5. The summed E-state index contributed by atoms with van der Waals surface area (Å²) < 4.78 is 5.08. The Morgan fingerprint density at radius 3 is 2.48 bits per heavy atom. The first-order chi connectivity index (χ1) is 14.8. The average Bonchev–Trinajstić information content (AvgIpc) is 3.28. The Hall–Kier alpha value is -3.42. The molecule has 31 heavy (non-hydrogen) atoms. The molecule has 2 aromatic rings. The van der Waals surface area contributed by atoms with Crippen molar-refractivity contribution in [3.8, 4) is 0 Å². The van der Waals surface area contributed by atoms with Gasteiger partial charge < -0.3 is 15.0 Å². The van der Waals surface area contributed by atoms with Gasteiger partial charge in [0.05, 0.1) is 16.5 Å². The zero-order valence-electron chi connectivity index (χ0n) is 18.0. The fraction of sp³-hybridized carbons (Fsp3) is 0.391. The molecule has 8 heteroatoms. The van der Waals surface area contributed by atoms with Crippen molar-refractivity contribution in [2.75, 3.05) is 24.6 Å². The molecule has 1 fully saturated rings. The van der Waals surface area contributed by atoms with Crippen LogP contribution in [0.25, 0.3) is 0 Å².